The molecule has 0 fully saturated rings. The average molecular weight is 517 g/mol. The van der Waals surface area contributed by atoms with E-state index < -0.39 is 24.4 Å². The molecule has 0 aliphatic rings. The number of rotatable bonds is 11. The standard InChI is InChI=1S/C31H48O6/c1-19-14-23(29(35-11)25(15-19)31(7,8)9)18-37-21(3)28(33)27(32)20(2)36-17-22-12-13-26(34-10)24(16-22)30(4,5)6/h12-16,20-21,27-28,32-33H,17-18H2,1-11H3. The zero-order valence-corrected chi connectivity index (χ0v) is 24.6. The van der Waals surface area contributed by atoms with Crippen LogP contribution >= 0.6 is 0 Å². The number of aliphatic hydroxyl groups is 2. The molecule has 6 heteroatoms. The highest BCUT2D eigenvalue weighted by atomic mass is 16.5. The van der Waals surface area contributed by atoms with Gasteiger partial charge in [-0.05, 0) is 54.9 Å². The Morgan fingerprint density at radius 3 is 1.76 bits per heavy atom. The molecule has 0 heterocycles. The van der Waals surface area contributed by atoms with Gasteiger partial charge in [0.2, 0.25) is 0 Å². The maximum atomic E-state index is 10.8. The van der Waals surface area contributed by atoms with Gasteiger partial charge in [0, 0.05) is 11.1 Å². The highest BCUT2D eigenvalue weighted by Gasteiger charge is 2.30. The van der Waals surface area contributed by atoms with Crippen LogP contribution in [0.25, 0.3) is 0 Å². The van der Waals surface area contributed by atoms with Crippen LogP contribution in [0.15, 0.2) is 30.3 Å². The number of aryl methyl sites for hydroxylation is 1. The number of benzene rings is 2. The average Bonchev–Trinajstić information content (AvgIpc) is 2.83. The molecule has 4 atom stereocenters. The Morgan fingerprint density at radius 1 is 0.730 bits per heavy atom. The minimum absolute atomic E-state index is 0.0803. The van der Waals surface area contributed by atoms with E-state index in [0.717, 1.165) is 39.3 Å². The molecule has 2 rings (SSSR count). The molecule has 0 aromatic heterocycles. The fourth-order valence-electron chi connectivity index (χ4n) is 4.39. The summed E-state index contributed by atoms with van der Waals surface area (Å²) in [4.78, 5) is 0. The number of methoxy groups -OCH3 is 2. The molecule has 2 aromatic carbocycles. The van der Waals surface area contributed by atoms with Gasteiger partial charge in [0.25, 0.3) is 0 Å². The Kier molecular flexibility index (Phi) is 10.6. The van der Waals surface area contributed by atoms with Gasteiger partial charge < -0.3 is 29.2 Å². The Balaban J connectivity index is 2.03. The molecule has 0 spiro atoms. The second-order valence-corrected chi connectivity index (χ2v) is 12.1. The second kappa shape index (κ2) is 12.6. The predicted octanol–water partition coefficient (Wildman–Crippen LogP) is 5.84. The zero-order chi connectivity index (χ0) is 28.1. The van der Waals surface area contributed by atoms with Gasteiger partial charge in [-0.2, -0.15) is 0 Å². The van der Waals surface area contributed by atoms with Crippen molar-refractivity contribution in [3.05, 3.63) is 58.1 Å². The first-order valence-corrected chi connectivity index (χ1v) is 13.0. The first kappa shape index (κ1) is 31.1. The molecular formula is C31H48O6. The van der Waals surface area contributed by atoms with Crippen LogP contribution in [0.4, 0.5) is 0 Å². The van der Waals surface area contributed by atoms with Crippen molar-refractivity contribution in [3.8, 4) is 11.5 Å². The normalized spacial score (nSPS) is 15.7. The van der Waals surface area contributed by atoms with E-state index in [1.54, 1.807) is 28.1 Å². The summed E-state index contributed by atoms with van der Waals surface area (Å²) in [6, 6.07) is 10.1. The van der Waals surface area contributed by atoms with Gasteiger partial charge in [0.05, 0.1) is 39.6 Å². The monoisotopic (exact) mass is 516 g/mol. The lowest BCUT2D eigenvalue weighted by Gasteiger charge is -2.29. The summed E-state index contributed by atoms with van der Waals surface area (Å²) in [6.45, 7) is 19.0. The second-order valence-electron chi connectivity index (χ2n) is 12.1. The third-order valence-corrected chi connectivity index (χ3v) is 6.72. The fourth-order valence-corrected chi connectivity index (χ4v) is 4.39. The topological polar surface area (TPSA) is 77.4 Å². The lowest BCUT2D eigenvalue weighted by atomic mass is 9.84. The van der Waals surface area contributed by atoms with Gasteiger partial charge in [0.15, 0.2) is 0 Å². The summed E-state index contributed by atoms with van der Waals surface area (Å²) in [5.41, 5.74) is 5.04. The van der Waals surface area contributed by atoms with Crippen LogP contribution in [-0.2, 0) is 33.5 Å². The lowest BCUT2D eigenvalue weighted by Crippen LogP contribution is -2.44. The van der Waals surface area contributed by atoms with Crippen molar-refractivity contribution in [3.63, 3.8) is 0 Å². The van der Waals surface area contributed by atoms with Gasteiger partial charge in [0.1, 0.15) is 23.7 Å². The fraction of sp³-hybridized carbons (Fsp3) is 0.613. The Morgan fingerprint density at radius 2 is 1.27 bits per heavy atom. The molecule has 0 saturated heterocycles. The molecule has 2 aromatic rings. The maximum absolute atomic E-state index is 10.8. The van der Waals surface area contributed by atoms with Crippen molar-refractivity contribution >= 4 is 0 Å². The zero-order valence-electron chi connectivity index (χ0n) is 24.6. The quantitative estimate of drug-likeness (QED) is 0.391. The van der Waals surface area contributed by atoms with Crippen LogP contribution in [-0.4, -0.2) is 48.8 Å². The molecule has 4 unspecified atom stereocenters. The minimum Gasteiger partial charge on any atom is -0.496 e. The van der Waals surface area contributed by atoms with Crippen molar-refractivity contribution in [1.29, 1.82) is 0 Å². The highest BCUT2D eigenvalue weighted by Crippen LogP contribution is 2.36. The largest absolute Gasteiger partial charge is 0.496 e. The van der Waals surface area contributed by atoms with Gasteiger partial charge in [-0.25, -0.2) is 0 Å². The smallest absolute Gasteiger partial charge is 0.128 e. The summed E-state index contributed by atoms with van der Waals surface area (Å²) in [5, 5.41) is 21.6. The first-order valence-electron chi connectivity index (χ1n) is 13.0. The summed E-state index contributed by atoms with van der Waals surface area (Å²) < 4.78 is 23.2. The molecule has 0 radical (unpaired) electrons. The number of hydrogen-bond acceptors (Lipinski definition) is 6. The van der Waals surface area contributed by atoms with Crippen molar-refractivity contribution in [2.24, 2.45) is 0 Å². The van der Waals surface area contributed by atoms with E-state index in [-0.39, 0.29) is 17.4 Å². The molecule has 2 N–H and O–H groups in total. The highest BCUT2D eigenvalue weighted by molar-refractivity contribution is 5.47. The molecule has 6 nitrogen and oxygen atoms in total. The first-order chi connectivity index (χ1) is 17.1. The van der Waals surface area contributed by atoms with Crippen molar-refractivity contribution in [2.75, 3.05) is 14.2 Å². The molecule has 0 bridgehead atoms. The van der Waals surface area contributed by atoms with Crippen LogP contribution in [0.5, 0.6) is 11.5 Å². The SMILES string of the molecule is COc1ccc(COC(C)C(O)C(O)C(C)OCc2cc(C)cc(C(C)(C)C)c2OC)cc1C(C)(C)C. The lowest BCUT2D eigenvalue weighted by molar-refractivity contribution is -0.134. The molecular weight excluding hydrogens is 468 g/mol. The van der Waals surface area contributed by atoms with Gasteiger partial charge in [-0.3, -0.25) is 0 Å². The van der Waals surface area contributed by atoms with Crippen LogP contribution in [0, 0.1) is 6.92 Å². The van der Waals surface area contributed by atoms with E-state index >= 15 is 0 Å². The number of ether oxygens (including phenoxy) is 4. The number of hydrogen-bond donors (Lipinski definition) is 2. The summed E-state index contributed by atoms with van der Waals surface area (Å²) in [5.74, 6) is 1.64. The molecule has 0 amide bonds. The van der Waals surface area contributed by atoms with E-state index in [1.807, 2.05) is 25.1 Å². The molecule has 0 aliphatic heterocycles. The minimum atomic E-state index is -1.12. The van der Waals surface area contributed by atoms with Crippen molar-refractivity contribution in [1.82, 2.24) is 0 Å². The summed E-state index contributed by atoms with van der Waals surface area (Å²) in [6.07, 6.45) is -3.44. The Hall–Kier alpha value is -2.12. The van der Waals surface area contributed by atoms with Gasteiger partial charge in [-0.1, -0.05) is 65.3 Å². The molecule has 208 valence electrons. The predicted molar refractivity (Wildman–Crippen MR) is 149 cm³/mol. The van der Waals surface area contributed by atoms with Crippen molar-refractivity contribution in [2.45, 2.75) is 111 Å². The maximum Gasteiger partial charge on any atom is 0.128 e. The van der Waals surface area contributed by atoms with E-state index in [9.17, 15) is 10.2 Å². The van der Waals surface area contributed by atoms with E-state index in [0.29, 0.717) is 6.61 Å². The van der Waals surface area contributed by atoms with Crippen LogP contribution in [0.3, 0.4) is 0 Å². The van der Waals surface area contributed by atoms with Crippen LogP contribution < -0.4 is 9.47 Å². The van der Waals surface area contributed by atoms with Crippen LogP contribution in [0.2, 0.25) is 0 Å². The van der Waals surface area contributed by atoms with Gasteiger partial charge in [-0.15, -0.1) is 0 Å². The Labute approximate surface area is 223 Å². The van der Waals surface area contributed by atoms with E-state index in [1.165, 1.54) is 0 Å². The molecule has 37 heavy (non-hydrogen) atoms. The van der Waals surface area contributed by atoms with Gasteiger partial charge >= 0.3 is 0 Å². The Bertz CT molecular complexity index is 1020. The summed E-state index contributed by atoms with van der Waals surface area (Å²) in [7, 11) is 3.33. The van der Waals surface area contributed by atoms with Crippen molar-refractivity contribution < 1.29 is 29.2 Å². The summed E-state index contributed by atoms with van der Waals surface area (Å²) >= 11 is 0. The third-order valence-electron chi connectivity index (χ3n) is 6.72. The molecule has 0 saturated carbocycles. The third kappa shape index (κ3) is 8.18. The van der Waals surface area contributed by atoms with Crippen LogP contribution in [0.1, 0.15) is 83.2 Å². The number of aliphatic hydroxyl groups excluding tert-OH is 2. The van der Waals surface area contributed by atoms with E-state index in [2.05, 4.69) is 53.7 Å². The molecule has 0 aliphatic carbocycles. The van der Waals surface area contributed by atoms with E-state index in [4.69, 9.17) is 18.9 Å².